The van der Waals surface area contributed by atoms with E-state index in [1.54, 1.807) is 30.3 Å². The molecule has 0 aromatic heterocycles. The van der Waals surface area contributed by atoms with E-state index in [0.29, 0.717) is 24.4 Å². The molecule has 0 spiro atoms. The molecule has 2 aromatic carbocycles. The molecule has 0 saturated carbocycles. The maximum absolute atomic E-state index is 13.5. The standard InChI is InChI=1S/C17H18FNO4S/c18-17-4-2-1-3-14(17)12-23-15-5-7-16(8-6-15)24(21,22)19-9-13(10-19)11-20/h1-8,13,20H,9-12H2. The van der Waals surface area contributed by atoms with E-state index in [2.05, 4.69) is 0 Å². The number of nitrogens with zero attached hydrogens (tertiary/aromatic N) is 1. The summed E-state index contributed by atoms with van der Waals surface area (Å²) in [6.07, 6.45) is 0. The van der Waals surface area contributed by atoms with Gasteiger partial charge in [0.2, 0.25) is 10.0 Å². The molecular weight excluding hydrogens is 333 g/mol. The number of ether oxygens (including phenoxy) is 1. The Labute approximate surface area is 140 Å². The monoisotopic (exact) mass is 351 g/mol. The molecule has 0 aliphatic carbocycles. The number of rotatable bonds is 6. The molecule has 1 saturated heterocycles. The van der Waals surface area contributed by atoms with Gasteiger partial charge in [-0.15, -0.1) is 0 Å². The lowest BCUT2D eigenvalue weighted by atomic mass is 10.1. The van der Waals surface area contributed by atoms with Crippen molar-refractivity contribution in [3.63, 3.8) is 0 Å². The van der Waals surface area contributed by atoms with Gasteiger partial charge in [0, 0.05) is 31.2 Å². The van der Waals surface area contributed by atoms with Gasteiger partial charge in [-0.1, -0.05) is 18.2 Å². The Morgan fingerprint density at radius 2 is 1.79 bits per heavy atom. The van der Waals surface area contributed by atoms with Crippen LogP contribution in [-0.2, 0) is 16.6 Å². The number of halogens is 1. The van der Waals surface area contributed by atoms with Crippen LogP contribution in [0.15, 0.2) is 53.4 Å². The normalized spacial score (nSPS) is 15.9. The maximum Gasteiger partial charge on any atom is 0.243 e. The molecule has 0 atom stereocenters. The number of sulfonamides is 1. The van der Waals surface area contributed by atoms with Crippen molar-refractivity contribution < 1.29 is 22.7 Å². The molecule has 3 rings (SSSR count). The first kappa shape index (κ1) is 16.9. The fourth-order valence-electron chi connectivity index (χ4n) is 2.47. The quantitative estimate of drug-likeness (QED) is 0.865. The molecule has 1 heterocycles. The van der Waals surface area contributed by atoms with Crippen molar-refractivity contribution in [1.82, 2.24) is 4.31 Å². The zero-order chi connectivity index (χ0) is 17.2. The second-order valence-electron chi connectivity index (χ2n) is 5.72. The van der Waals surface area contributed by atoms with Crippen LogP contribution in [0.4, 0.5) is 4.39 Å². The molecule has 0 unspecified atom stereocenters. The molecule has 1 N–H and O–H groups in total. The average molecular weight is 351 g/mol. The number of benzene rings is 2. The predicted molar refractivity (Wildman–Crippen MR) is 86.5 cm³/mol. The topological polar surface area (TPSA) is 66.8 Å². The van der Waals surface area contributed by atoms with E-state index in [1.165, 1.54) is 22.5 Å². The Balaban J connectivity index is 1.64. The summed E-state index contributed by atoms with van der Waals surface area (Å²) in [5.74, 6) is 0.144. The molecular formula is C17H18FNO4S. The summed E-state index contributed by atoms with van der Waals surface area (Å²) in [5.41, 5.74) is 0.435. The first-order valence-corrected chi connectivity index (χ1v) is 9.02. The van der Waals surface area contributed by atoms with Gasteiger partial charge in [-0.25, -0.2) is 12.8 Å². The predicted octanol–water partition coefficient (Wildman–Crippen LogP) is 2.02. The average Bonchev–Trinajstić information content (AvgIpc) is 2.53. The summed E-state index contributed by atoms with van der Waals surface area (Å²) in [5, 5.41) is 8.98. The van der Waals surface area contributed by atoms with Crippen molar-refractivity contribution in [1.29, 1.82) is 0 Å². The fraction of sp³-hybridized carbons (Fsp3) is 0.294. The summed E-state index contributed by atoms with van der Waals surface area (Å²) >= 11 is 0. The van der Waals surface area contributed by atoms with Gasteiger partial charge in [-0.05, 0) is 30.3 Å². The first-order valence-electron chi connectivity index (χ1n) is 7.58. The minimum Gasteiger partial charge on any atom is -0.489 e. The van der Waals surface area contributed by atoms with Crippen molar-refractivity contribution in [3.05, 3.63) is 59.9 Å². The Kier molecular flexibility index (Phi) is 4.84. The molecule has 0 radical (unpaired) electrons. The van der Waals surface area contributed by atoms with Crippen molar-refractivity contribution >= 4 is 10.0 Å². The molecule has 0 bridgehead atoms. The smallest absolute Gasteiger partial charge is 0.243 e. The van der Waals surface area contributed by atoms with Crippen molar-refractivity contribution in [2.45, 2.75) is 11.5 Å². The zero-order valence-electron chi connectivity index (χ0n) is 12.9. The van der Waals surface area contributed by atoms with Crippen LogP contribution in [-0.4, -0.2) is 37.5 Å². The second-order valence-corrected chi connectivity index (χ2v) is 7.66. The van der Waals surface area contributed by atoms with Crippen LogP contribution in [0.3, 0.4) is 0 Å². The van der Waals surface area contributed by atoms with Crippen molar-refractivity contribution in [2.75, 3.05) is 19.7 Å². The second kappa shape index (κ2) is 6.88. The third-order valence-electron chi connectivity index (χ3n) is 4.00. The molecule has 1 fully saturated rings. The Bertz CT molecular complexity index is 802. The third kappa shape index (κ3) is 3.43. The zero-order valence-corrected chi connectivity index (χ0v) is 13.7. The highest BCUT2D eigenvalue weighted by atomic mass is 32.2. The lowest BCUT2D eigenvalue weighted by Crippen LogP contribution is -2.51. The van der Waals surface area contributed by atoms with Gasteiger partial charge in [-0.2, -0.15) is 4.31 Å². The van der Waals surface area contributed by atoms with Crippen LogP contribution < -0.4 is 4.74 Å². The molecule has 7 heteroatoms. The maximum atomic E-state index is 13.5. The van der Waals surface area contributed by atoms with E-state index in [4.69, 9.17) is 9.84 Å². The summed E-state index contributed by atoms with van der Waals surface area (Å²) in [6, 6.07) is 12.4. The molecule has 0 amide bonds. The van der Waals surface area contributed by atoms with E-state index in [1.807, 2.05) is 0 Å². The van der Waals surface area contributed by atoms with Crippen LogP contribution >= 0.6 is 0 Å². The van der Waals surface area contributed by atoms with E-state index in [0.717, 1.165) is 0 Å². The Hall–Kier alpha value is -1.96. The number of aliphatic hydroxyl groups is 1. The van der Waals surface area contributed by atoms with Gasteiger partial charge in [0.1, 0.15) is 18.2 Å². The van der Waals surface area contributed by atoms with Gasteiger partial charge in [0.25, 0.3) is 0 Å². The number of hydrogen-bond acceptors (Lipinski definition) is 4. The van der Waals surface area contributed by atoms with Crippen LogP contribution in [0, 0.1) is 11.7 Å². The van der Waals surface area contributed by atoms with Gasteiger partial charge in [0.15, 0.2) is 0 Å². The van der Waals surface area contributed by atoms with Gasteiger partial charge in [0.05, 0.1) is 4.90 Å². The summed E-state index contributed by atoms with van der Waals surface area (Å²) in [6.45, 7) is 0.743. The van der Waals surface area contributed by atoms with E-state index < -0.39 is 10.0 Å². The third-order valence-corrected chi connectivity index (χ3v) is 5.84. The Morgan fingerprint density at radius 3 is 2.42 bits per heavy atom. The van der Waals surface area contributed by atoms with Crippen LogP contribution in [0.5, 0.6) is 5.75 Å². The summed E-state index contributed by atoms with van der Waals surface area (Å²) < 4.78 is 45.1. The summed E-state index contributed by atoms with van der Waals surface area (Å²) in [7, 11) is -3.53. The molecule has 1 aliphatic rings. The molecule has 1 aliphatic heterocycles. The molecule has 5 nitrogen and oxygen atoms in total. The number of aliphatic hydroxyl groups excluding tert-OH is 1. The highest BCUT2D eigenvalue weighted by molar-refractivity contribution is 7.89. The van der Waals surface area contributed by atoms with Crippen molar-refractivity contribution in [2.24, 2.45) is 5.92 Å². The van der Waals surface area contributed by atoms with Crippen LogP contribution in [0.1, 0.15) is 5.56 Å². The fourth-order valence-corrected chi connectivity index (χ4v) is 4.06. The largest absolute Gasteiger partial charge is 0.489 e. The van der Waals surface area contributed by atoms with Gasteiger partial charge >= 0.3 is 0 Å². The minimum absolute atomic E-state index is 0.00512. The molecule has 24 heavy (non-hydrogen) atoms. The number of hydrogen-bond donors (Lipinski definition) is 1. The van der Waals surface area contributed by atoms with Gasteiger partial charge in [-0.3, -0.25) is 0 Å². The summed E-state index contributed by atoms with van der Waals surface area (Å²) in [4.78, 5) is 0.178. The lowest BCUT2D eigenvalue weighted by molar-refractivity contribution is 0.117. The highest BCUT2D eigenvalue weighted by Crippen LogP contribution is 2.26. The molecule has 128 valence electrons. The van der Waals surface area contributed by atoms with Crippen LogP contribution in [0.25, 0.3) is 0 Å². The molecule has 2 aromatic rings. The van der Waals surface area contributed by atoms with Crippen molar-refractivity contribution in [3.8, 4) is 5.75 Å². The SMILES string of the molecule is O=S(=O)(c1ccc(OCc2ccccc2F)cc1)N1CC(CO)C1. The van der Waals surface area contributed by atoms with E-state index in [-0.39, 0.29) is 29.8 Å². The highest BCUT2D eigenvalue weighted by Gasteiger charge is 2.36. The first-order chi connectivity index (χ1) is 11.5. The lowest BCUT2D eigenvalue weighted by Gasteiger charge is -2.36. The van der Waals surface area contributed by atoms with E-state index >= 15 is 0 Å². The van der Waals surface area contributed by atoms with E-state index in [9.17, 15) is 12.8 Å². The minimum atomic E-state index is -3.53. The van der Waals surface area contributed by atoms with Gasteiger partial charge < -0.3 is 9.84 Å². The Morgan fingerprint density at radius 1 is 1.12 bits per heavy atom. The van der Waals surface area contributed by atoms with Crippen LogP contribution in [0.2, 0.25) is 0 Å².